The predicted octanol–water partition coefficient (Wildman–Crippen LogP) is 2.24. The number of nitrogens with zero attached hydrogens (tertiary/aromatic N) is 1. The second-order valence-electron chi connectivity index (χ2n) is 3.61. The van der Waals surface area contributed by atoms with E-state index in [-0.39, 0.29) is 0 Å². The van der Waals surface area contributed by atoms with Crippen LogP contribution in [0.5, 0.6) is 0 Å². The van der Waals surface area contributed by atoms with Crippen LogP contribution in [0.2, 0.25) is 0 Å². The molecule has 0 atom stereocenters. The summed E-state index contributed by atoms with van der Waals surface area (Å²) in [6.45, 7) is 1.03. The molecule has 0 saturated heterocycles. The zero-order valence-corrected chi connectivity index (χ0v) is 8.98. The molecule has 78 valence electrons. The number of hydrogen-bond acceptors (Lipinski definition) is 1. The van der Waals surface area contributed by atoms with E-state index in [1.807, 2.05) is 19.2 Å². The van der Waals surface area contributed by atoms with Crippen LogP contribution in [0.15, 0.2) is 48.8 Å². The number of benzene rings is 1. The Morgan fingerprint density at radius 2 is 1.73 bits per heavy atom. The molecule has 0 aliphatic heterocycles. The van der Waals surface area contributed by atoms with Crippen molar-refractivity contribution in [2.45, 2.75) is 6.42 Å². The molecule has 0 fully saturated rings. The molecule has 15 heavy (non-hydrogen) atoms. The second-order valence-corrected chi connectivity index (χ2v) is 3.61. The van der Waals surface area contributed by atoms with Crippen molar-refractivity contribution in [1.82, 2.24) is 9.88 Å². The minimum Gasteiger partial charge on any atom is -0.324 e. The van der Waals surface area contributed by atoms with Gasteiger partial charge in [-0.2, -0.15) is 0 Å². The van der Waals surface area contributed by atoms with Crippen molar-refractivity contribution in [3.05, 3.63) is 54.4 Å². The molecule has 0 aliphatic carbocycles. The standard InChI is InChI=1S/C13H16N2/c1-14-9-8-12-4-6-13(7-5-12)15-10-2-3-11-15/h2-7,10-11,14H,8-9H2,1H3. The third-order valence-electron chi connectivity index (χ3n) is 2.50. The molecule has 2 aromatic rings. The summed E-state index contributed by atoms with van der Waals surface area (Å²) in [4.78, 5) is 0. The van der Waals surface area contributed by atoms with E-state index in [1.54, 1.807) is 0 Å². The molecule has 2 rings (SSSR count). The van der Waals surface area contributed by atoms with Crippen molar-refractivity contribution >= 4 is 0 Å². The quantitative estimate of drug-likeness (QED) is 0.801. The Balaban J connectivity index is 2.11. The van der Waals surface area contributed by atoms with Gasteiger partial charge in [0.25, 0.3) is 0 Å². The van der Waals surface area contributed by atoms with E-state index in [1.165, 1.54) is 11.3 Å². The van der Waals surface area contributed by atoms with Gasteiger partial charge in [-0.05, 0) is 49.8 Å². The maximum absolute atomic E-state index is 3.15. The highest BCUT2D eigenvalue weighted by Crippen LogP contribution is 2.10. The molecule has 1 heterocycles. The Hall–Kier alpha value is -1.54. The Kier molecular flexibility index (Phi) is 3.20. The molecule has 1 aromatic carbocycles. The summed E-state index contributed by atoms with van der Waals surface area (Å²) in [5.74, 6) is 0. The lowest BCUT2D eigenvalue weighted by Crippen LogP contribution is -2.10. The third-order valence-corrected chi connectivity index (χ3v) is 2.50. The molecular formula is C13H16N2. The lowest BCUT2D eigenvalue weighted by molar-refractivity contribution is 0.791. The molecule has 0 bridgehead atoms. The molecule has 0 unspecified atom stereocenters. The predicted molar refractivity (Wildman–Crippen MR) is 63.4 cm³/mol. The molecule has 1 N–H and O–H groups in total. The van der Waals surface area contributed by atoms with Crippen molar-refractivity contribution in [3.8, 4) is 5.69 Å². The van der Waals surface area contributed by atoms with E-state index in [0.29, 0.717) is 0 Å². The first kappa shape index (κ1) is 9.99. The van der Waals surface area contributed by atoms with Crippen molar-refractivity contribution in [1.29, 1.82) is 0 Å². The highest BCUT2D eigenvalue weighted by molar-refractivity contribution is 5.35. The topological polar surface area (TPSA) is 17.0 Å². The summed E-state index contributed by atoms with van der Waals surface area (Å²) in [6.07, 6.45) is 5.20. The van der Waals surface area contributed by atoms with Crippen molar-refractivity contribution in [3.63, 3.8) is 0 Å². The maximum atomic E-state index is 3.15. The first-order valence-corrected chi connectivity index (χ1v) is 5.27. The van der Waals surface area contributed by atoms with Gasteiger partial charge in [-0.25, -0.2) is 0 Å². The van der Waals surface area contributed by atoms with Crippen LogP contribution in [0.1, 0.15) is 5.56 Å². The van der Waals surface area contributed by atoms with E-state index in [0.717, 1.165) is 13.0 Å². The van der Waals surface area contributed by atoms with Crippen molar-refractivity contribution < 1.29 is 0 Å². The number of nitrogens with one attached hydrogen (secondary N) is 1. The number of rotatable bonds is 4. The summed E-state index contributed by atoms with van der Waals surface area (Å²) in [5, 5.41) is 3.15. The molecule has 2 nitrogen and oxygen atoms in total. The van der Waals surface area contributed by atoms with Crippen LogP contribution < -0.4 is 5.32 Å². The molecule has 0 amide bonds. The fraction of sp³-hybridized carbons (Fsp3) is 0.231. The number of likely N-dealkylation sites (N-methyl/N-ethyl adjacent to an activating group) is 1. The van der Waals surface area contributed by atoms with E-state index in [4.69, 9.17) is 0 Å². The Morgan fingerprint density at radius 3 is 2.33 bits per heavy atom. The van der Waals surface area contributed by atoms with Gasteiger partial charge in [-0.15, -0.1) is 0 Å². The zero-order valence-electron chi connectivity index (χ0n) is 8.98. The normalized spacial score (nSPS) is 10.5. The van der Waals surface area contributed by atoms with Gasteiger partial charge < -0.3 is 9.88 Å². The van der Waals surface area contributed by atoms with Crippen LogP contribution in [0, 0.1) is 0 Å². The minimum absolute atomic E-state index is 1.03. The monoisotopic (exact) mass is 200 g/mol. The van der Waals surface area contributed by atoms with Crippen LogP contribution in [-0.2, 0) is 6.42 Å². The lowest BCUT2D eigenvalue weighted by Gasteiger charge is -2.05. The molecule has 0 spiro atoms. The minimum atomic E-state index is 1.03. The SMILES string of the molecule is CNCCc1ccc(-n2cccc2)cc1. The number of aromatic nitrogens is 1. The van der Waals surface area contributed by atoms with Gasteiger partial charge in [-0.1, -0.05) is 12.1 Å². The molecule has 1 aromatic heterocycles. The maximum Gasteiger partial charge on any atom is 0.0449 e. The van der Waals surface area contributed by atoms with Crippen molar-refractivity contribution in [2.24, 2.45) is 0 Å². The average Bonchev–Trinajstić information content (AvgIpc) is 2.80. The van der Waals surface area contributed by atoms with Crippen molar-refractivity contribution in [2.75, 3.05) is 13.6 Å². The molecule has 0 radical (unpaired) electrons. The summed E-state index contributed by atoms with van der Waals surface area (Å²) >= 11 is 0. The fourth-order valence-corrected chi connectivity index (χ4v) is 1.61. The molecule has 2 heteroatoms. The smallest absolute Gasteiger partial charge is 0.0449 e. The Morgan fingerprint density at radius 1 is 1.07 bits per heavy atom. The summed E-state index contributed by atoms with van der Waals surface area (Å²) in [6, 6.07) is 12.8. The zero-order chi connectivity index (χ0) is 10.5. The summed E-state index contributed by atoms with van der Waals surface area (Å²) in [7, 11) is 1.98. The van der Waals surface area contributed by atoms with Gasteiger partial charge in [0.2, 0.25) is 0 Å². The molecular weight excluding hydrogens is 184 g/mol. The van der Waals surface area contributed by atoms with E-state index in [9.17, 15) is 0 Å². The first-order valence-electron chi connectivity index (χ1n) is 5.27. The Bertz CT molecular complexity index is 387. The van der Waals surface area contributed by atoms with Gasteiger partial charge >= 0.3 is 0 Å². The Labute approximate surface area is 90.6 Å². The van der Waals surface area contributed by atoms with E-state index in [2.05, 4.69) is 46.5 Å². The van der Waals surface area contributed by atoms with Crippen LogP contribution in [-0.4, -0.2) is 18.2 Å². The largest absolute Gasteiger partial charge is 0.324 e. The van der Waals surface area contributed by atoms with Crippen LogP contribution in [0.4, 0.5) is 0 Å². The van der Waals surface area contributed by atoms with Gasteiger partial charge in [0, 0.05) is 18.1 Å². The average molecular weight is 200 g/mol. The lowest BCUT2D eigenvalue weighted by atomic mass is 10.1. The van der Waals surface area contributed by atoms with E-state index >= 15 is 0 Å². The van der Waals surface area contributed by atoms with Crippen LogP contribution in [0.25, 0.3) is 5.69 Å². The van der Waals surface area contributed by atoms with Gasteiger partial charge in [0.1, 0.15) is 0 Å². The van der Waals surface area contributed by atoms with E-state index < -0.39 is 0 Å². The third kappa shape index (κ3) is 2.48. The van der Waals surface area contributed by atoms with Crippen LogP contribution in [0.3, 0.4) is 0 Å². The van der Waals surface area contributed by atoms with Gasteiger partial charge in [0.05, 0.1) is 0 Å². The second kappa shape index (κ2) is 4.80. The molecule has 0 saturated carbocycles. The first-order chi connectivity index (χ1) is 7.40. The summed E-state index contributed by atoms with van der Waals surface area (Å²) in [5.41, 5.74) is 2.59. The highest BCUT2D eigenvalue weighted by Gasteiger charge is 1.95. The van der Waals surface area contributed by atoms with Crippen LogP contribution >= 0.6 is 0 Å². The van der Waals surface area contributed by atoms with Gasteiger partial charge in [0.15, 0.2) is 0 Å². The molecule has 0 aliphatic rings. The summed E-state index contributed by atoms with van der Waals surface area (Å²) < 4.78 is 2.11. The number of hydrogen-bond donors (Lipinski definition) is 1. The fourth-order valence-electron chi connectivity index (χ4n) is 1.61. The van der Waals surface area contributed by atoms with Gasteiger partial charge in [-0.3, -0.25) is 0 Å². The highest BCUT2D eigenvalue weighted by atomic mass is 14.9.